The van der Waals surface area contributed by atoms with Gasteiger partial charge in [0.15, 0.2) is 5.96 Å². The topological polar surface area (TPSA) is 80.0 Å². The number of nitrogens with one attached hydrogen (secondary N) is 1. The van der Waals surface area contributed by atoms with E-state index in [9.17, 15) is 4.79 Å². The van der Waals surface area contributed by atoms with Gasteiger partial charge in [0.1, 0.15) is 5.60 Å². The van der Waals surface area contributed by atoms with Crippen molar-refractivity contribution in [1.82, 2.24) is 10.2 Å². The van der Waals surface area contributed by atoms with E-state index in [1.807, 2.05) is 39.0 Å². The van der Waals surface area contributed by atoms with Crippen molar-refractivity contribution < 1.29 is 9.53 Å². The van der Waals surface area contributed by atoms with Crippen molar-refractivity contribution in [1.29, 1.82) is 0 Å². The van der Waals surface area contributed by atoms with E-state index >= 15 is 0 Å². The minimum atomic E-state index is -0.446. The fourth-order valence-corrected chi connectivity index (χ4v) is 2.89. The van der Waals surface area contributed by atoms with Crippen molar-refractivity contribution in [2.75, 3.05) is 26.2 Å². The number of aliphatic imine (C=N–C) groups is 1. The summed E-state index contributed by atoms with van der Waals surface area (Å²) in [7, 11) is 0. The van der Waals surface area contributed by atoms with E-state index < -0.39 is 5.60 Å². The fraction of sp³-hybridized carbons (Fsp3) is 0.600. The summed E-state index contributed by atoms with van der Waals surface area (Å²) in [6, 6.07) is 10.3. The normalized spacial score (nSPS) is 16.4. The first-order chi connectivity index (χ1) is 12.3. The maximum Gasteiger partial charge on any atom is 0.410 e. The first kappa shape index (κ1) is 20.1. The smallest absolute Gasteiger partial charge is 0.410 e. The van der Waals surface area contributed by atoms with Gasteiger partial charge in [0, 0.05) is 26.2 Å². The molecule has 1 saturated heterocycles. The van der Waals surface area contributed by atoms with Crippen molar-refractivity contribution in [2.24, 2.45) is 16.6 Å². The van der Waals surface area contributed by atoms with Gasteiger partial charge < -0.3 is 20.7 Å². The van der Waals surface area contributed by atoms with Crippen LogP contribution in [0.2, 0.25) is 0 Å². The number of carbonyl (C=O) groups excluding carboxylic acids is 1. The maximum atomic E-state index is 12.1. The summed E-state index contributed by atoms with van der Waals surface area (Å²) in [5, 5.41) is 3.17. The zero-order valence-electron chi connectivity index (χ0n) is 16.2. The number of guanidine groups is 1. The monoisotopic (exact) mass is 360 g/mol. The highest BCUT2D eigenvalue weighted by atomic mass is 16.6. The molecule has 0 unspecified atom stereocenters. The third kappa shape index (κ3) is 7.33. The second-order valence-electron chi connectivity index (χ2n) is 7.80. The molecule has 6 nitrogen and oxygen atoms in total. The van der Waals surface area contributed by atoms with E-state index in [1.54, 1.807) is 4.90 Å². The highest BCUT2D eigenvalue weighted by Crippen LogP contribution is 2.19. The minimum absolute atomic E-state index is 0.221. The molecule has 1 amide bonds. The number of benzene rings is 1. The number of carbonyl (C=O) groups is 1. The Morgan fingerprint density at radius 3 is 2.54 bits per heavy atom. The van der Waals surface area contributed by atoms with E-state index in [4.69, 9.17) is 10.5 Å². The predicted molar refractivity (Wildman–Crippen MR) is 105 cm³/mol. The van der Waals surface area contributed by atoms with Crippen LogP contribution in [0.1, 0.15) is 39.2 Å². The number of ether oxygens (including phenoxy) is 1. The average Bonchev–Trinajstić information content (AvgIpc) is 2.60. The van der Waals surface area contributed by atoms with Gasteiger partial charge in [-0.25, -0.2) is 4.79 Å². The molecule has 0 aliphatic carbocycles. The van der Waals surface area contributed by atoms with Crippen LogP contribution < -0.4 is 11.1 Å². The first-order valence-electron chi connectivity index (χ1n) is 9.39. The number of rotatable bonds is 5. The van der Waals surface area contributed by atoms with Crippen LogP contribution in [0, 0.1) is 5.92 Å². The molecule has 0 atom stereocenters. The highest BCUT2D eigenvalue weighted by Gasteiger charge is 2.26. The van der Waals surface area contributed by atoms with Gasteiger partial charge in [0.2, 0.25) is 0 Å². The Bertz CT molecular complexity index is 588. The summed E-state index contributed by atoms with van der Waals surface area (Å²) >= 11 is 0. The molecule has 1 fully saturated rings. The third-order valence-corrected chi connectivity index (χ3v) is 4.35. The Labute approximate surface area is 156 Å². The quantitative estimate of drug-likeness (QED) is 0.625. The molecule has 1 heterocycles. The standard InChI is InChI=1S/C20H32N4O2/c1-20(2,3)26-19(25)24-13-10-17(11-14-24)15-23-18(21)22-12-9-16-7-5-4-6-8-16/h4-8,17H,9-15H2,1-3H3,(H3,21,22,23). The number of nitrogens with two attached hydrogens (primary N) is 1. The Morgan fingerprint density at radius 1 is 1.27 bits per heavy atom. The molecule has 0 aromatic heterocycles. The summed E-state index contributed by atoms with van der Waals surface area (Å²) in [4.78, 5) is 18.3. The molecule has 1 aromatic carbocycles. The van der Waals surface area contributed by atoms with E-state index in [-0.39, 0.29) is 6.09 Å². The number of likely N-dealkylation sites (tertiary alicyclic amines) is 1. The van der Waals surface area contributed by atoms with Crippen LogP contribution in [0.5, 0.6) is 0 Å². The number of hydrogen-bond donors (Lipinski definition) is 2. The molecule has 1 aliphatic rings. The molecule has 0 bridgehead atoms. The van der Waals surface area contributed by atoms with Crippen LogP contribution >= 0.6 is 0 Å². The number of amides is 1. The van der Waals surface area contributed by atoms with Gasteiger partial charge in [-0.15, -0.1) is 0 Å². The molecule has 0 saturated carbocycles. The van der Waals surface area contributed by atoms with E-state index in [0.717, 1.165) is 38.9 Å². The van der Waals surface area contributed by atoms with Crippen molar-refractivity contribution in [3.8, 4) is 0 Å². The summed E-state index contributed by atoms with van der Waals surface area (Å²) < 4.78 is 5.42. The SMILES string of the molecule is CC(C)(C)OC(=O)N1CCC(CN=C(N)NCCc2ccccc2)CC1. The molecule has 0 radical (unpaired) electrons. The molecule has 1 aliphatic heterocycles. The van der Waals surface area contributed by atoms with Gasteiger partial charge in [-0.05, 0) is 51.5 Å². The number of hydrogen-bond acceptors (Lipinski definition) is 3. The molecule has 26 heavy (non-hydrogen) atoms. The van der Waals surface area contributed by atoms with E-state index in [1.165, 1.54) is 5.56 Å². The summed E-state index contributed by atoms with van der Waals surface area (Å²) in [5.41, 5.74) is 6.79. The van der Waals surface area contributed by atoms with Gasteiger partial charge in [-0.3, -0.25) is 4.99 Å². The lowest BCUT2D eigenvalue weighted by Crippen LogP contribution is -2.42. The first-order valence-corrected chi connectivity index (χ1v) is 9.39. The van der Waals surface area contributed by atoms with Gasteiger partial charge in [0.25, 0.3) is 0 Å². The van der Waals surface area contributed by atoms with Crippen molar-refractivity contribution in [2.45, 2.75) is 45.6 Å². The Hall–Kier alpha value is -2.24. The van der Waals surface area contributed by atoms with Crippen LogP contribution in [-0.2, 0) is 11.2 Å². The molecule has 6 heteroatoms. The lowest BCUT2D eigenvalue weighted by molar-refractivity contribution is 0.0187. The zero-order chi connectivity index (χ0) is 19.0. The van der Waals surface area contributed by atoms with Gasteiger partial charge in [-0.1, -0.05) is 30.3 Å². The minimum Gasteiger partial charge on any atom is -0.444 e. The molecule has 3 N–H and O–H groups in total. The highest BCUT2D eigenvalue weighted by molar-refractivity contribution is 5.77. The van der Waals surface area contributed by atoms with Crippen LogP contribution in [-0.4, -0.2) is 48.7 Å². The van der Waals surface area contributed by atoms with Crippen LogP contribution in [0.25, 0.3) is 0 Å². The summed E-state index contributed by atoms with van der Waals surface area (Å²) in [6.07, 6.45) is 2.56. The van der Waals surface area contributed by atoms with Gasteiger partial charge >= 0.3 is 6.09 Å². The second kappa shape index (κ2) is 9.46. The van der Waals surface area contributed by atoms with Crippen molar-refractivity contribution >= 4 is 12.1 Å². The van der Waals surface area contributed by atoms with E-state index in [0.29, 0.717) is 18.4 Å². The summed E-state index contributed by atoms with van der Waals surface area (Å²) in [6.45, 7) is 8.58. The van der Waals surface area contributed by atoms with Crippen molar-refractivity contribution in [3.05, 3.63) is 35.9 Å². The lowest BCUT2D eigenvalue weighted by atomic mass is 9.97. The van der Waals surface area contributed by atoms with E-state index in [2.05, 4.69) is 22.4 Å². The Morgan fingerprint density at radius 2 is 1.92 bits per heavy atom. The van der Waals surface area contributed by atoms with Gasteiger partial charge in [-0.2, -0.15) is 0 Å². The molecule has 144 valence electrons. The van der Waals surface area contributed by atoms with Crippen molar-refractivity contribution in [3.63, 3.8) is 0 Å². The average molecular weight is 361 g/mol. The number of nitrogens with zero attached hydrogens (tertiary/aromatic N) is 2. The summed E-state index contributed by atoms with van der Waals surface area (Å²) in [5.74, 6) is 0.957. The fourth-order valence-electron chi connectivity index (χ4n) is 2.89. The molecule has 2 rings (SSSR count). The third-order valence-electron chi connectivity index (χ3n) is 4.35. The lowest BCUT2D eigenvalue weighted by Gasteiger charge is -2.33. The zero-order valence-corrected chi connectivity index (χ0v) is 16.2. The molecular weight excluding hydrogens is 328 g/mol. The second-order valence-corrected chi connectivity index (χ2v) is 7.80. The van der Waals surface area contributed by atoms with Crippen LogP contribution in [0.4, 0.5) is 4.79 Å². The maximum absolute atomic E-state index is 12.1. The largest absolute Gasteiger partial charge is 0.444 e. The Balaban J connectivity index is 1.65. The predicted octanol–water partition coefficient (Wildman–Crippen LogP) is 2.78. The van der Waals surface area contributed by atoms with Crippen LogP contribution in [0.3, 0.4) is 0 Å². The Kier molecular flexibility index (Phi) is 7.30. The van der Waals surface area contributed by atoms with Gasteiger partial charge in [0.05, 0.1) is 0 Å². The molecule has 0 spiro atoms. The molecular formula is C20H32N4O2. The van der Waals surface area contributed by atoms with Crippen LogP contribution in [0.15, 0.2) is 35.3 Å². The number of piperidine rings is 1. The molecule has 1 aromatic rings.